The van der Waals surface area contributed by atoms with Gasteiger partial charge in [0.1, 0.15) is 17.4 Å². The van der Waals surface area contributed by atoms with Crippen molar-refractivity contribution in [2.24, 2.45) is 0 Å². The standard InChI is InChI=1S/C22H27FO2.C19H28BFO4.C10H11F3O3S.2H2S/c1-7-25-20(24)11-15(4)19-12-18(10-16(5)22(19)23)21-14(3)9-8-13(2)17(21)6;1-8-23-16(22)10-12(2)15-11-14(9-13(3)17(15)21)20-24-18(4,5)19(6,7)25-20;1-6-4-5-7(2)9(8(6)3)16-17(14,15)10(11,12)13;;/h8-10,12,15H,7,11H2,1-6H3;9,11-12H,8,10H2,1-7H3;4-5H,1-3H3;2*1H2/t15-;12-;;;/m00.../s1. The van der Waals surface area contributed by atoms with E-state index in [9.17, 15) is 40.0 Å². The van der Waals surface area contributed by atoms with E-state index in [1.165, 1.54) is 31.0 Å². The third-order valence-electron chi connectivity index (χ3n) is 12.3. The van der Waals surface area contributed by atoms with Crippen molar-refractivity contribution in [3.8, 4) is 16.9 Å². The highest BCUT2D eigenvalue weighted by Crippen LogP contribution is 2.38. The van der Waals surface area contributed by atoms with Crippen molar-refractivity contribution in [1.29, 1.82) is 0 Å². The minimum absolute atomic E-state index is 0. The molecule has 1 aliphatic rings. The van der Waals surface area contributed by atoms with Gasteiger partial charge in [0.15, 0.2) is 0 Å². The second-order valence-electron chi connectivity index (χ2n) is 18.2. The fraction of sp³-hybridized carbons (Fsp3) is 0.490. The maximum atomic E-state index is 14.7. The lowest BCUT2D eigenvalue weighted by molar-refractivity contribution is -0.144. The van der Waals surface area contributed by atoms with Crippen LogP contribution in [0.1, 0.15) is 136 Å². The largest absolute Gasteiger partial charge is 0.534 e. The van der Waals surface area contributed by atoms with Gasteiger partial charge in [-0.25, -0.2) is 8.78 Å². The lowest BCUT2D eigenvalue weighted by Crippen LogP contribution is -2.41. The molecule has 5 rings (SSSR count). The molecule has 18 heteroatoms. The lowest BCUT2D eigenvalue weighted by atomic mass is 9.76. The van der Waals surface area contributed by atoms with Gasteiger partial charge < -0.3 is 23.0 Å². The molecule has 1 fully saturated rings. The number of ether oxygens (including phenoxy) is 2. The van der Waals surface area contributed by atoms with Crippen molar-refractivity contribution >= 4 is 61.6 Å². The number of benzene rings is 4. The van der Waals surface area contributed by atoms with E-state index in [0.29, 0.717) is 52.2 Å². The van der Waals surface area contributed by atoms with Crippen LogP contribution in [0.4, 0.5) is 22.0 Å². The van der Waals surface area contributed by atoms with E-state index in [2.05, 4.69) is 37.1 Å². The molecule has 0 aromatic heterocycles. The van der Waals surface area contributed by atoms with Crippen LogP contribution < -0.4 is 9.65 Å². The van der Waals surface area contributed by atoms with Crippen LogP contribution >= 0.6 is 27.0 Å². The van der Waals surface area contributed by atoms with Crippen molar-refractivity contribution in [2.75, 3.05) is 13.2 Å². The third kappa shape index (κ3) is 15.7. The minimum Gasteiger partial charge on any atom is -0.466 e. The van der Waals surface area contributed by atoms with E-state index >= 15 is 0 Å². The monoisotopic (exact) mass is 1030 g/mol. The van der Waals surface area contributed by atoms with Gasteiger partial charge >= 0.3 is 34.7 Å². The molecule has 0 spiro atoms. The molecule has 0 amide bonds. The lowest BCUT2D eigenvalue weighted by Gasteiger charge is -2.32. The molecule has 4 aromatic carbocycles. The molecule has 2 atom stereocenters. The van der Waals surface area contributed by atoms with E-state index < -0.39 is 33.9 Å². The first kappa shape index (κ1) is 62.9. The fourth-order valence-corrected chi connectivity index (χ4v) is 7.94. The Kier molecular flexibility index (Phi) is 23.1. The van der Waals surface area contributed by atoms with Gasteiger partial charge in [-0.05, 0) is 193 Å². The van der Waals surface area contributed by atoms with E-state index in [-0.39, 0.29) is 81.0 Å². The summed E-state index contributed by atoms with van der Waals surface area (Å²) < 4.78 is 114. The fourth-order valence-electron chi connectivity index (χ4n) is 7.37. The Morgan fingerprint density at radius 1 is 0.638 bits per heavy atom. The maximum absolute atomic E-state index is 14.7. The summed E-state index contributed by atoms with van der Waals surface area (Å²) in [6, 6.07) is 14.7. The molecule has 0 unspecified atom stereocenters. The van der Waals surface area contributed by atoms with Crippen LogP contribution in [0.2, 0.25) is 0 Å². The van der Waals surface area contributed by atoms with Crippen molar-refractivity contribution in [2.45, 2.75) is 152 Å². The Labute approximate surface area is 420 Å². The topological polar surface area (TPSA) is 114 Å². The molecule has 0 aliphatic carbocycles. The predicted octanol–water partition coefficient (Wildman–Crippen LogP) is 12.3. The van der Waals surface area contributed by atoms with Crippen molar-refractivity contribution < 1.29 is 62.9 Å². The number of alkyl halides is 3. The maximum Gasteiger partial charge on any atom is 0.534 e. The average molecular weight is 1030 g/mol. The molecule has 0 N–H and O–H groups in total. The van der Waals surface area contributed by atoms with Gasteiger partial charge in [-0.15, -0.1) is 0 Å². The van der Waals surface area contributed by atoms with Crippen LogP contribution in [-0.2, 0) is 38.5 Å². The van der Waals surface area contributed by atoms with Crippen molar-refractivity contribution in [3.05, 3.63) is 116 Å². The molecule has 1 heterocycles. The zero-order valence-corrected chi connectivity index (χ0v) is 45.5. The molecule has 0 radical (unpaired) electrons. The van der Waals surface area contributed by atoms with Crippen molar-refractivity contribution in [3.63, 3.8) is 0 Å². The summed E-state index contributed by atoms with van der Waals surface area (Å²) in [5.41, 5.74) is 3.68. The predicted molar refractivity (Wildman–Crippen MR) is 274 cm³/mol. The molecule has 9 nitrogen and oxygen atoms in total. The van der Waals surface area contributed by atoms with Crippen LogP contribution in [0.3, 0.4) is 0 Å². The summed E-state index contributed by atoms with van der Waals surface area (Å²) in [5.74, 6) is -1.93. The number of aryl methyl sites for hydroxylation is 6. The number of carbonyl (C=O) groups is 2. The molecular formula is C51H70BF5O9S3. The van der Waals surface area contributed by atoms with Crippen LogP contribution in [0.25, 0.3) is 11.1 Å². The first-order valence-corrected chi connectivity index (χ1v) is 23.6. The van der Waals surface area contributed by atoms with Crippen LogP contribution in [0, 0.1) is 67.0 Å². The molecule has 384 valence electrons. The molecule has 1 aliphatic heterocycles. The molecule has 0 bridgehead atoms. The SMILES string of the molecule is CCOC(=O)C[C@H](C)c1cc(-c2c(C)ccc(C)c2C)cc(C)c1F.CCOC(=O)C[C@H](C)c1cc(B2OC(C)(C)C(C)(C)O2)cc(C)c1F.Cc1ccc(C)c(OS(=O)(=O)C(F)(F)F)c1C.S.S. The Hall–Kier alpha value is -4.10. The Bertz CT molecular complexity index is 2530. The first-order valence-electron chi connectivity index (χ1n) is 22.2. The van der Waals surface area contributed by atoms with Gasteiger partial charge in [-0.1, -0.05) is 50.2 Å². The molecule has 69 heavy (non-hydrogen) atoms. The van der Waals surface area contributed by atoms with Crippen LogP contribution in [0.5, 0.6) is 5.75 Å². The van der Waals surface area contributed by atoms with Gasteiger partial charge in [0.2, 0.25) is 0 Å². The quantitative estimate of drug-likeness (QED) is 0.0450. The van der Waals surface area contributed by atoms with Crippen molar-refractivity contribution in [1.82, 2.24) is 0 Å². The minimum atomic E-state index is -5.61. The average Bonchev–Trinajstić information content (AvgIpc) is 3.44. The summed E-state index contributed by atoms with van der Waals surface area (Å²) in [4.78, 5) is 23.5. The Morgan fingerprint density at radius 2 is 1.04 bits per heavy atom. The molecule has 0 saturated carbocycles. The van der Waals surface area contributed by atoms with E-state index in [1.54, 1.807) is 52.8 Å². The van der Waals surface area contributed by atoms with Gasteiger partial charge in [-0.2, -0.15) is 48.6 Å². The summed E-state index contributed by atoms with van der Waals surface area (Å²) in [5, 5.41) is 0. The number of carbonyl (C=O) groups excluding carboxylic acids is 2. The van der Waals surface area contributed by atoms with Crippen LogP contribution in [0.15, 0.2) is 48.5 Å². The summed E-state index contributed by atoms with van der Waals surface area (Å²) in [6.45, 7) is 30.2. The zero-order chi connectivity index (χ0) is 51.1. The second kappa shape index (κ2) is 25.3. The Morgan fingerprint density at radius 3 is 1.49 bits per heavy atom. The first-order chi connectivity index (χ1) is 30.8. The Balaban J connectivity index is 0.000000521. The molecular weight excluding hydrogens is 959 g/mol. The number of halogens is 5. The van der Waals surface area contributed by atoms with E-state index in [1.807, 2.05) is 53.7 Å². The normalized spacial score (nSPS) is 14.7. The van der Waals surface area contributed by atoms with Gasteiger partial charge in [0.05, 0.1) is 37.3 Å². The second-order valence-corrected chi connectivity index (χ2v) is 19.7. The van der Waals surface area contributed by atoms with Gasteiger partial charge in [-0.3, -0.25) is 9.59 Å². The number of esters is 2. The van der Waals surface area contributed by atoms with E-state index in [4.69, 9.17) is 18.8 Å². The highest BCUT2D eigenvalue weighted by molar-refractivity contribution is 7.88. The molecule has 1 saturated heterocycles. The highest BCUT2D eigenvalue weighted by atomic mass is 32.2. The van der Waals surface area contributed by atoms with Gasteiger partial charge in [0.25, 0.3) is 0 Å². The number of hydrogen-bond donors (Lipinski definition) is 0. The van der Waals surface area contributed by atoms with E-state index in [0.717, 1.165) is 22.2 Å². The zero-order valence-electron chi connectivity index (χ0n) is 42.7. The highest BCUT2D eigenvalue weighted by Gasteiger charge is 2.52. The third-order valence-corrected chi connectivity index (χ3v) is 13.3. The molecule has 4 aromatic rings. The van der Waals surface area contributed by atoms with Crippen LogP contribution in [-0.4, -0.2) is 57.4 Å². The summed E-state index contributed by atoms with van der Waals surface area (Å²) in [6.07, 6.45) is 0.316. The number of rotatable bonds is 12. The summed E-state index contributed by atoms with van der Waals surface area (Å²) in [7, 11) is -6.17. The number of hydrogen-bond acceptors (Lipinski definition) is 9. The van der Waals surface area contributed by atoms with Gasteiger partial charge in [0, 0.05) is 0 Å². The smallest absolute Gasteiger partial charge is 0.466 e. The summed E-state index contributed by atoms with van der Waals surface area (Å²) >= 11 is 0.